The van der Waals surface area contributed by atoms with E-state index in [9.17, 15) is 30.7 Å². The highest BCUT2D eigenvalue weighted by Crippen LogP contribution is 2.50. The van der Waals surface area contributed by atoms with E-state index in [1.807, 2.05) is 0 Å². The predicted molar refractivity (Wildman–Crippen MR) is 98.4 cm³/mol. The van der Waals surface area contributed by atoms with E-state index in [0.717, 1.165) is 50.7 Å². The lowest BCUT2D eigenvalue weighted by Gasteiger charge is -2.29. The summed E-state index contributed by atoms with van der Waals surface area (Å²) in [6.45, 7) is 2.69. The van der Waals surface area contributed by atoms with Crippen molar-refractivity contribution in [3.63, 3.8) is 0 Å². The smallest absolute Gasteiger partial charge is 0.313 e. The molecule has 2 aliphatic rings. The van der Waals surface area contributed by atoms with Gasteiger partial charge in [0.05, 0.1) is 6.10 Å². The summed E-state index contributed by atoms with van der Waals surface area (Å²) in [5.41, 5.74) is -4.34. The first-order valence-electron chi connectivity index (χ1n) is 10.5. The number of rotatable bonds is 6. The number of alkyl halides is 5. The van der Waals surface area contributed by atoms with Gasteiger partial charge in [0.25, 0.3) is 5.92 Å². The van der Waals surface area contributed by atoms with Crippen LogP contribution in [0.1, 0.15) is 82.3 Å². The highest BCUT2D eigenvalue weighted by molar-refractivity contribution is 5.31. The maximum Gasteiger partial charge on any atom is 0.389 e. The normalized spacial score (nSPS) is 31.8. The van der Waals surface area contributed by atoms with Crippen LogP contribution in [-0.2, 0) is 10.8 Å². The SMILES string of the molecule is CCCC1CCC(c2cc(F)c(C(F)(F)OC3CC(C)(F)C(F)(F)C3)c(F)c2)CC1. The molecule has 3 rings (SSSR count). The molecule has 0 radical (unpaired) electrons. The Hall–Kier alpha value is -1.31. The molecule has 0 heterocycles. The molecule has 0 bridgehead atoms. The standard InChI is InChI=1S/C22H27F7O/c1-3-4-13-5-7-14(8-6-13)15-9-17(23)19(18(24)10-15)22(28,29)30-16-11-20(2,25)21(26,27)12-16/h9-10,13-14,16H,3-8,11-12H2,1-2H3. The van der Waals surface area contributed by atoms with Gasteiger partial charge in [-0.15, -0.1) is 0 Å². The highest BCUT2D eigenvalue weighted by Gasteiger charge is 2.61. The fourth-order valence-electron chi connectivity index (χ4n) is 4.80. The van der Waals surface area contributed by atoms with Crippen molar-refractivity contribution < 1.29 is 35.5 Å². The van der Waals surface area contributed by atoms with Gasteiger partial charge in [-0.1, -0.05) is 19.8 Å². The van der Waals surface area contributed by atoms with E-state index in [-0.39, 0.29) is 5.92 Å². The van der Waals surface area contributed by atoms with Crippen LogP contribution in [0.3, 0.4) is 0 Å². The molecule has 1 aromatic rings. The topological polar surface area (TPSA) is 9.23 Å². The van der Waals surface area contributed by atoms with E-state index in [4.69, 9.17) is 0 Å². The molecule has 1 aromatic carbocycles. The van der Waals surface area contributed by atoms with E-state index in [2.05, 4.69) is 11.7 Å². The molecule has 30 heavy (non-hydrogen) atoms. The van der Waals surface area contributed by atoms with E-state index in [1.165, 1.54) is 0 Å². The second kappa shape index (κ2) is 8.32. The monoisotopic (exact) mass is 440 g/mol. The molecule has 0 saturated heterocycles. The first kappa shape index (κ1) is 23.4. The molecule has 2 atom stereocenters. The Bertz CT molecular complexity index is 715. The molecule has 0 aromatic heterocycles. The minimum atomic E-state index is -4.49. The van der Waals surface area contributed by atoms with Gasteiger partial charge in [-0.05, 0) is 62.1 Å². The van der Waals surface area contributed by atoms with Gasteiger partial charge >= 0.3 is 6.11 Å². The van der Waals surface area contributed by atoms with Crippen molar-refractivity contribution in [3.05, 3.63) is 34.9 Å². The number of halogens is 7. The molecule has 8 heteroatoms. The largest absolute Gasteiger partial charge is 0.389 e. The van der Waals surface area contributed by atoms with Gasteiger partial charge in [-0.3, -0.25) is 0 Å². The number of ether oxygens (including phenoxy) is 1. The van der Waals surface area contributed by atoms with Crippen LogP contribution in [0.2, 0.25) is 0 Å². The Morgan fingerprint density at radius 1 is 1.00 bits per heavy atom. The molecule has 0 amide bonds. The van der Waals surface area contributed by atoms with Crippen LogP contribution in [0.25, 0.3) is 0 Å². The minimum Gasteiger partial charge on any atom is -0.313 e. The Morgan fingerprint density at radius 3 is 2.03 bits per heavy atom. The molecule has 0 aliphatic heterocycles. The molecule has 170 valence electrons. The van der Waals surface area contributed by atoms with Crippen LogP contribution >= 0.6 is 0 Å². The molecule has 0 spiro atoms. The molecule has 2 fully saturated rings. The first-order valence-corrected chi connectivity index (χ1v) is 10.5. The van der Waals surface area contributed by atoms with Crippen molar-refractivity contribution in [3.8, 4) is 0 Å². The van der Waals surface area contributed by atoms with Crippen molar-refractivity contribution >= 4 is 0 Å². The number of hydrogen-bond donors (Lipinski definition) is 0. The van der Waals surface area contributed by atoms with Crippen LogP contribution < -0.4 is 0 Å². The number of benzene rings is 1. The zero-order chi connectivity index (χ0) is 22.3. The fraction of sp³-hybridized carbons (Fsp3) is 0.727. The number of hydrogen-bond acceptors (Lipinski definition) is 1. The van der Waals surface area contributed by atoms with Crippen molar-refractivity contribution in [2.45, 2.75) is 94.9 Å². The van der Waals surface area contributed by atoms with Crippen LogP contribution in [0.5, 0.6) is 0 Å². The van der Waals surface area contributed by atoms with Gasteiger partial charge in [0.15, 0.2) is 5.67 Å². The second-order valence-corrected chi connectivity index (χ2v) is 8.93. The maximum absolute atomic E-state index is 14.5. The quantitative estimate of drug-likeness (QED) is 0.413. The zero-order valence-corrected chi connectivity index (χ0v) is 17.1. The van der Waals surface area contributed by atoms with E-state index in [0.29, 0.717) is 18.4 Å². The summed E-state index contributed by atoms with van der Waals surface area (Å²) in [6, 6.07) is 1.76. The lowest BCUT2D eigenvalue weighted by atomic mass is 9.77. The van der Waals surface area contributed by atoms with Crippen LogP contribution in [0.4, 0.5) is 30.7 Å². The predicted octanol–water partition coefficient (Wildman–Crippen LogP) is 7.63. The summed E-state index contributed by atoms with van der Waals surface area (Å²) < 4.78 is 103. The summed E-state index contributed by atoms with van der Waals surface area (Å²) in [5.74, 6) is -6.38. The first-order chi connectivity index (χ1) is 13.9. The van der Waals surface area contributed by atoms with Crippen molar-refractivity contribution in [2.24, 2.45) is 5.92 Å². The van der Waals surface area contributed by atoms with Crippen LogP contribution in [0, 0.1) is 17.6 Å². The van der Waals surface area contributed by atoms with Crippen LogP contribution in [-0.4, -0.2) is 17.7 Å². The average molecular weight is 440 g/mol. The second-order valence-electron chi connectivity index (χ2n) is 8.93. The summed E-state index contributed by atoms with van der Waals surface area (Å²) in [7, 11) is 0. The maximum atomic E-state index is 14.5. The van der Waals surface area contributed by atoms with Crippen molar-refractivity contribution in [1.82, 2.24) is 0 Å². The van der Waals surface area contributed by atoms with Gasteiger partial charge in [-0.25, -0.2) is 22.0 Å². The van der Waals surface area contributed by atoms with E-state index >= 15 is 0 Å². The lowest BCUT2D eigenvalue weighted by Crippen LogP contribution is -2.35. The third-order valence-electron chi connectivity index (χ3n) is 6.54. The molecule has 2 unspecified atom stereocenters. The van der Waals surface area contributed by atoms with E-state index < -0.39 is 53.8 Å². The summed E-state index contributed by atoms with van der Waals surface area (Å²) in [5, 5.41) is 0. The van der Waals surface area contributed by atoms with Crippen LogP contribution in [0.15, 0.2) is 12.1 Å². The molecule has 2 saturated carbocycles. The van der Waals surface area contributed by atoms with Gasteiger partial charge in [-0.2, -0.15) is 8.78 Å². The molecule has 1 nitrogen and oxygen atoms in total. The zero-order valence-electron chi connectivity index (χ0n) is 17.1. The van der Waals surface area contributed by atoms with Crippen molar-refractivity contribution in [1.29, 1.82) is 0 Å². The summed E-state index contributed by atoms with van der Waals surface area (Å²) in [4.78, 5) is 0. The Kier molecular flexibility index (Phi) is 6.48. The molecule has 0 N–H and O–H groups in total. The third kappa shape index (κ3) is 4.63. The average Bonchev–Trinajstić information content (AvgIpc) is 2.80. The molecular weight excluding hydrogens is 413 g/mol. The van der Waals surface area contributed by atoms with E-state index in [1.54, 1.807) is 0 Å². The minimum absolute atomic E-state index is 0.119. The Labute approximate surface area is 172 Å². The lowest BCUT2D eigenvalue weighted by molar-refractivity contribution is -0.276. The van der Waals surface area contributed by atoms with Gasteiger partial charge in [0, 0.05) is 12.8 Å². The van der Waals surface area contributed by atoms with Gasteiger partial charge in [0.1, 0.15) is 17.2 Å². The Balaban J connectivity index is 1.75. The highest BCUT2D eigenvalue weighted by atomic mass is 19.3. The fourth-order valence-corrected chi connectivity index (χ4v) is 4.80. The molecule has 2 aliphatic carbocycles. The summed E-state index contributed by atoms with van der Waals surface area (Å²) >= 11 is 0. The van der Waals surface area contributed by atoms with Gasteiger partial charge < -0.3 is 4.74 Å². The molecular formula is C22H27F7O. The van der Waals surface area contributed by atoms with Gasteiger partial charge in [0.2, 0.25) is 0 Å². The summed E-state index contributed by atoms with van der Waals surface area (Å²) in [6.07, 6.45) is -3.18. The van der Waals surface area contributed by atoms with Crippen molar-refractivity contribution in [2.75, 3.05) is 0 Å². The third-order valence-corrected chi connectivity index (χ3v) is 6.54. The Morgan fingerprint density at radius 2 is 1.57 bits per heavy atom.